The molecule has 35 heavy (non-hydrogen) atoms. The molecule has 3 aliphatic heterocycles. The monoisotopic (exact) mass is 499 g/mol. The van der Waals surface area contributed by atoms with E-state index in [-0.39, 0.29) is 24.8 Å². The molecule has 1 N–H and O–H groups in total. The van der Waals surface area contributed by atoms with Crippen LogP contribution in [0.2, 0.25) is 0 Å². The van der Waals surface area contributed by atoms with Gasteiger partial charge in [-0.25, -0.2) is 0 Å². The van der Waals surface area contributed by atoms with Gasteiger partial charge in [-0.15, -0.1) is 4.40 Å². The SMILES string of the molecule is C[C@@H](OC(=O)[C@@H]1CCCN(C2=NS(=O)(=O)c3ccccc32)C1)C(=O)NCc1ccc2c(c1)OCO2. The van der Waals surface area contributed by atoms with Gasteiger partial charge in [0.05, 0.1) is 5.92 Å². The summed E-state index contributed by atoms with van der Waals surface area (Å²) in [6, 6.07) is 12.1. The standard InChI is InChI=1S/C24H25N3O7S/c1-15(23(28)25-12-16-8-9-19-20(11-16)33-14-32-19)34-24(29)17-5-4-10-27(13-17)22-18-6-2-3-7-21(18)35(30,31)26-22/h2-3,6-9,11,15,17H,4-5,10,12-14H2,1H3,(H,25,28)/t15-,17-/m1/s1. The summed E-state index contributed by atoms with van der Waals surface area (Å²) in [7, 11) is -3.74. The van der Waals surface area contributed by atoms with E-state index in [2.05, 4.69) is 9.71 Å². The lowest BCUT2D eigenvalue weighted by Crippen LogP contribution is -2.44. The van der Waals surface area contributed by atoms with E-state index < -0.39 is 33.9 Å². The number of benzene rings is 2. The van der Waals surface area contributed by atoms with Gasteiger partial charge in [0, 0.05) is 25.2 Å². The molecule has 0 aromatic heterocycles. The number of likely N-dealkylation sites (tertiary alicyclic amines) is 1. The molecule has 0 saturated carbocycles. The van der Waals surface area contributed by atoms with Crippen LogP contribution >= 0.6 is 0 Å². The van der Waals surface area contributed by atoms with E-state index in [1.807, 2.05) is 11.0 Å². The zero-order valence-electron chi connectivity index (χ0n) is 19.1. The highest BCUT2D eigenvalue weighted by Gasteiger charge is 2.36. The molecule has 0 bridgehead atoms. The third-order valence-electron chi connectivity index (χ3n) is 6.23. The van der Waals surface area contributed by atoms with Gasteiger partial charge >= 0.3 is 5.97 Å². The lowest BCUT2D eigenvalue weighted by Gasteiger charge is -2.33. The maximum absolute atomic E-state index is 12.8. The number of hydrogen-bond donors (Lipinski definition) is 1. The second-order valence-corrected chi connectivity index (χ2v) is 10.2. The van der Waals surface area contributed by atoms with Gasteiger partial charge in [-0.05, 0) is 49.6 Å². The normalized spacial score (nSPS) is 20.5. The minimum atomic E-state index is -3.74. The Balaban J connectivity index is 1.17. The third-order valence-corrected chi connectivity index (χ3v) is 7.56. The van der Waals surface area contributed by atoms with Crippen LogP contribution in [-0.2, 0) is 30.9 Å². The van der Waals surface area contributed by atoms with Crippen molar-refractivity contribution in [3.63, 3.8) is 0 Å². The highest BCUT2D eigenvalue weighted by Crippen LogP contribution is 2.32. The van der Waals surface area contributed by atoms with Crippen LogP contribution in [-0.4, -0.2) is 57.0 Å². The first kappa shape index (κ1) is 23.2. The molecule has 184 valence electrons. The van der Waals surface area contributed by atoms with Crippen molar-refractivity contribution in [2.45, 2.75) is 37.3 Å². The molecule has 1 fully saturated rings. The van der Waals surface area contributed by atoms with Crippen LogP contribution in [0.15, 0.2) is 51.8 Å². The summed E-state index contributed by atoms with van der Waals surface area (Å²) >= 11 is 0. The van der Waals surface area contributed by atoms with Gasteiger partial charge in [0.15, 0.2) is 23.4 Å². The highest BCUT2D eigenvalue weighted by molar-refractivity contribution is 7.90. The zero-order valence-corrected chi connectivity index (χ0v) is 19.9. The number of carbonyl (C=O) groups is 2. The molecule has 2 atom stereocenters. The predicted octanol–water partition coefficient (Wildman–Crippen LogP) is 1.82. The molecule has 2 aromatic rings. The van der Waals surface area contributed by atoms with Crippen LogP contribution < -0.4 is 14.8 Å². The molecule has 3 heterocycles. The first-order chi connectivity index (χ1) is 16.8. The van der Waals surface area contributed by atoms with E-state index in [1.54, 1.807) is 30.3 Å². The van der Waals surface area contributed by atoms with E-state index in [9.17, 15) is 18.0 Å². The van der Waals surface area contributed by atoms with Gasteiger partial charge in [-0.1, -0.05) is 18.2 Å². The second kappa shape index (κ2) is 9.21. The fourth-order valence-corrected chi connectivity index (χ4v) is 5.61. The Morgan fingerprint density at radius 1 is 1.20 bits per heavy atom. The summed E-state index contributed by atoms with van der Waals surface area (Å²) in [5.74, 6) is 0.242. The van der Waals surface area contributed by atoms with Gasteiger partial charge in [0.1, 0.15) is 4.90 Å². The maximum atomic E-state index is 12.8. The first-order valence-corrected chi connectivity index (χ1v) is 12.8. The first-order valence-electron chi connectivity index (χ1n) is 11.4. The van der Waals surface area contributed by atoms with Gasteiger partial charge in [0.25, 0.3) is 15.9 Å². The highest BCUT2D eigenvalue weighted by atomic mass is 32.2. The van der Waals surface area contributed by atoms with Crippen LogP contribution in [0, 0.1) is 5.92 Å². The number of nitrogens with zero attached hydrogens (tertiary/aromatic N) is 2. The van der Waals surface area contributed by atoms with Crippen molar-refractivity contribution in [3.8, 4) is 11.5 Å². The number of rotatable bonds is 5. The second-order valence-electron chi connectivity index (χ2n) is 8.66. The number of nitrogens with one attached hydrogen (secondary N) is 1. The molecule has 1 saturated heterocycles. The molecular weight excluding hydrogens is 474 g/mol. The summed E-state index contributed by atoms with van der Waals surface area (Å²) in [5, 5.41) is 2.76. The number of piperidine rings is 1. The number of esters is 1. The molecule has 5 rings (SSSR count). The zero-order chi connectivity index (χ0) is 24.6. The molecule has 0 spiro atoms. The van der Waals surface area contributed by atoms with E-state index >= 15 is 0 Å². The smallest absolute Gasteiger partial charge is 0.311 e. The fourth-order valence-electron chi connectivity index (χ4n) is 4.39. The van der Waals surface area contributed by atoms with Crippen molar-refractivity contribution in [3.05, 3.63) is 53.6 Å². The largest absolute Gasteiger partial charge is 0.454 e. The molecule has 11 heteroatoms. The van der Waals surface area contributed by atoms with Crippen LogP contribution in [0.1, 0.15) is 30.9 Å². The van der Waals surface area contributed by atoms with E-state index in [1.165, 1.54) is 13.0 Å². The number of carbonyl (C=O) groups excluding carboxylic acids is 2. The lowest BCUT2D eigenvalue weighted by atomic mass is 9.97. The molecule has 0 aliphatic carbocycles. The van der Waals surface area contributed by atoms with Crippen LogP contribution in [0.5, 0.6) is 11.5 Å². The van der Waals surface area contributed by atoms with Crippen molar-refractivity contribution in [1.29, 1.82) is 0 Å². The van der Waals surface area contributed by atoms with Crippen molar-refractivity contribution >= 4 is 27.7 Å². The number of sulfonamides is 1. The van der Waals surface area contributed by atoms with Crippen LogP contribution in [0.25, 0.3) is 0 Å². The Morgan fingerprint density at radius 2 is 2.00 bits per heavy atom. The number of fused-ring (bicyclic) bond motifs is 2. The quantitative estimate of drug-likeness (QED) is 0.618. The molecule has 10 nitrogen and oxygen atoms in total. The lowest BCUT2D eigenvalue weighted by molar-refractivity contribution is -0.160. The minimum Gasteiger partial charge on any atom is -0.454 e. The van der Waals surface area contributed by atoms with Gasteiger partial charge < -0.3 is 24.4 Å². The summed E-state index contributed by atoms with van der Waals surface area (Å²) in [6.45, 7) is 2.80. The summed E-state index contributed by atoms with van der Waals surface area (Å²) in [6.07, 6.45) is 0.283. The van der Waals surface area contributed by atoms with Crippen LogP contribution in [0.3, 0.4) is 0 Å². The van der Waals surface area contributed by atoms with Crippen molar-refractivity contribution in [2.75, 3.05) is 19.9 Å². The number of amidine groups is 1. The Hall–Kier alpha value is -3.60. The third kappa shape index (κ3) is 4.68. The topological polar surface area (TPSA) is 124 Å². The van der Waals surface area contributed by atoms with Gasteiger partial charge in [0.2, 0.25) is 6.79 Å². The number of amides is 1. The molecule has 0 unspecified atom stereocenters. The summed E-state index contributed by atoms with van der Waals surface area (Å²) in [5.41, 5.74) is 1.37. The van der Waals surface area contributed by atoms with Gasteiger partial charge in [-0.3, -0.25) is 9.59 Å². The fraction of sp³-hybridized carbons (Fsp3) is 0.375. The van der Waals surface area contributed by atoms with E-state index in [0.717, 1.165) is 5.56 Å². The number of hydrogen-bond acceptors (Lipinski definition) is 8. The van der Waals surface area contributed by atoms with E-state index in [4.69, 9.17) is 14.2 Å². The summed E-state index contributed by atoms with van der Waals surface area (Å²) < 4.78 is 44.8. The van der Waals surface area contributed by atoms with E-state index in [0.29, 0.717) is 42.3 Å². The van der Waals surface area contributed by atoms with Crippen molar-refractivity contribution < 1.29 is 32.2 Å². The molecular formula is C24H25N3O7S. The van der Waals surface area contributed by atoms with Crippen molar-refractivity contribution in [1.82, 2.24) is 10.2 Å². The van der Waals surface area contributed by atoms with Crippen molar-refractivity contribution in [2.24, 2.45) is 10.3 Å². The Labute approximate surface area is 202 Å². The Morgan fingerprint density at radius 3 is 2.86 bits per heavy atom. The molecule has 2 aromatic carbocycles. The predicted molar refractivity (Wildman–Crippen MR) is 124 cm³/mol. The molecule has 0 radical (unpaired) electrons. The minimum absolute atomic E-state index is 0.173. The Bertz CT molecular complexity index is 1310. The molecule has 3 aliphatic rings. The average molecular weight is 500 g/mol. The van der Waals surface area contributed by atoms with Crippen LogP contribution in [0.4, 0.5) is 0 Å². The maximum Gasteiger partial charge on any atom is 0.311 e. The average Bonchev–Trinajstić information content (AvgIpc) is 3.44. The Kier molecular flexibility index (Phi) is 6.10. The molecule has 1 amide bonds. The van der Waals surface area contributed by atoms with Gasteiger partial charge in [-0.2, -0.15) is 8.42 Å². The number of ether oxygens (including phenoxy) is 3. The summed E-state index contributed by atoms with van der Waals surface area (Å²) in [4.78, 5) is 27.3.